The van der Waals surface area contributed by atoms with Gasteiger partial charge in [0, 0.05) is 53.6 Å². The van der Waals surface area contributed by atoms with E-state index in [1.807, 2.05) is 11.3 Å². The summed E-state index contributed by atoms with van der Waals surface area (Å²) >= 11 is 1.95. The fourth-order valence-corrected chi connectivity index (χ4v) is 19.0. The lowest BCUT2D eigenvalue weighted by atomic mass is 9.43. The summed E-state index contributed by atoms with van der Waals surface area (Å²) in [7, 11) is -2.79. The summed E-state index contributed by atoms with van der Waals surface area (Å²) < 4.78 is 5.37. The molecule has 61 heavy (non-hydrogen) atoms. The van der Waals surface area contributed by atoms with Crippen LogP contribution in [0.1, 0.15) is 52.7 Å². The van der Waals surface area contributed by atoms with E-state index in [1.54, 1.807) is 0 Å². The van der Waals surface area contributed by atoms with Gasteiger partial charge in [-0.3, -0.25) is 0 Å². The van der Waals surface area contributed by atoms with Gasteiger partial charge in [-0.2, -0.15) is 0 Å². The Morgan fingerprint density at radius 1 is 0.508 bits per heavy atom. The molecular weight excluding hydrogens is 772 g/mol. The molecule has 0 unspecified atom stereocenters. The number of rotatable bonds is 0. The molecule has 0 amide bonds. The standard InChI is InChI=1S/C56H43BN2SSi/c1-55(2,3)32-26-27-41-38(28-32)39-29-33(56(4,5)6)30-40-53(39)58(41)43-31-45-50(36-18-7-11-21-44(36)60-45)51-37-19-15-25-49-54(37)59(57(40)52(43)51)42-20-10-14-24-48(42)61(49)46-22-12-8-16-34(46)35-17-9-13-23-47(35)61/h7-31H,1-6H3. The van der Waals surface area contributed by atoms with Crippen LogP contribution in [-0.4, -0.2) is 19.5 Å². The number of para-hydroxylation sites is 2. The second-order valence-electron chi connectivity index (χ2n) is 20.0. The Morgan fingerprint density at radius 2 is 1.15 bits per heavy atom. The molecule has 4 aliphatic rings. The maximum absolute atomic E-state index is 2.83. The van der Waals surface area contributed by atoms with Crippen LogP contribution in [0.5, 0.6) is 0 Å². The first-order valence-electron chi connectivity index (χ1n) is 21.9. The third-order valence-electron chi connectivity index (χ3n) is 14.8. The molecule has 290 valence electrons. The molecule has 14 rings (SSSR count). The third kappa shape index (κ3) is 4.06. The van der Waals surface area contributed by atoms with Gasteiger partial charge < -0.3 is 9.38 Å². The number of anilines is 2. The maximum atomic E-state index is 2.83. The molecule has 0 N–H and O–H groups in total. The average molecular weight is 815 g/mol. The van der Waals surface area contributed by atoms with Crippen LogP contribution >= 0.6 is 11.3 Å². The summed E-state index contributed by atoms with van der Waals surface area (Å²) in [4.78, 5) is 2.83. The highest BCUT2D eigenvalue weighted by atomic mass is 32.1. The van der Waals surface area contributed by atoms with Crippen molar-refractivity contribution in [2.45, 2.75) is 52.4 Å². The van der Waals surface area contributed by atoms with Crippen LogP contribution in [0.2, 0.25) is 0 Å². The van der Waals surface area contributed by atoms with E-state index in [4.69, 9.17) is 0 Å². The summed E-state index contributed by atoms with van der Waals surface area (Å²) in [5.41, 5.74) is 17.9. The summed E-state index contributed by atoms with van der Waals surface area (Å²) in [6.07, 6.45) is 0. The van der Waals surface area contributed by atoms with E-state index >= 15 is 0 Å². The van der Waals surface area contributed by atoms with Crippen LogP contribution in [0.15, 0.2) is 152 Å². The zero-order chi connectivity index (χ0) is 40.9. The van der Waals surface area contributed by atoms with Crippen molar-refractivity contribution in [1.82, 2.24) is 4.57 Å². The summed E-state index contributed by atoms with van der Waals surface area (Å²) in [6, 6.07) is 59.8. The number of aromatic nitrogens is 1. The molecule has 8 aromatic carbocycles. The Balaban J connectivity index is 1.22. The molecule has 1 spiro atoms. The molecule has 0 saturated heterocycles. The zero-order valence-corrected chi connectivity index (χ0v) is 37.1. The highest BCUT2D eigenvalue weighted by Gasteiger charge is 2.57. The molecule has 0 fully saturated rings. The predicted octanol–water partition coefficient (Wildman–Crippen LogP) is 10.7. The minimum absolute atomic E-state index is 0.0277. The molecule has 2 aromatic heterocycles. The van der Waals surface area contributed by atoms with Gasteiger partial charge in [-0.15, -0.1) is 11.3 Å². The Morgan fingerprint density at radius 3 is 1.90 bits per heavy atom. The molecule has 0 radical (unpaired) electrons. The molecule has 4 aliphatic heterocycles. The van der Waals surface area contributed by atoms with Crippen molar-refractivity contribution in [3.05, 3.63) is 163 Å². The zero-order valence-electron chi connectivity index (χ0n) is 35.3. The lowest BCUT2D eigenvalue weighted by molar-refractivity contribution is 0.590. The van der Waals surface area contributed by atoms with Gasteiger partial charge in [0.2, 0.25) is 0 Å². The molecule has 0 bridgehead atoms. The summed E-state index contributed by atoms with van der Waals surface area (Å²) in [5.74, 6) is 0. The summed E-state index contributed by atoms with van der Waals surface area (Å²) in [6.45, 7) is 14.2. The molecule has 0 saturated carbocycles. The second-order valence-corrected chi connectivity index (χ2v) is 24.8. The van der Waals surface area contributed by atoms with Gasteiger partial charge in [0.05, 0.1) is 11.0 Å². The number of nitrogens with zero attached hydrogens (tertiary/aromatic N) is 2. The number of hydrogen-bond donors (Lipinski definition) is 0. The van der Waals surface area contributed by atoms with Gasteiger partial charge in [0.1, 0.15) is 0 Å². The van der Waals surface area contributed by atoms with Crippen LogP contribution in [0.4, 0.5) is 11.4 Å². The highest BCUT2D eigenvalue weighted by Crippen LogP contribution is 2.51. The minimum Gasteiger partial charge on any atom is -0.376 e. The van der Waals surface area contributed by atoms with Crippen molar-refractivity contribution < 1.29 is 0 Å². The van der Waals surface area contributed by atoms with Gasteiger partial charge in [-0.25, -0.2) is 0 Å². The maximum Gasteiger partial charge on any atom is 0.333 e. The van der Waals surface area contributed by atoms with E-state index in [1.165, 1.54) is 124 Å². The van der Waals surface area contributed by atoms with Gasteiger partial charge in [-0.05, 0) is 107 Å². The van der Waals surface area contributed by atoms with E-state index in [2.05, 4.69) is 203 Å². The van der Waals surface area contributed by atoms with Crippen LogP contribution in [-0.2, 0) is 10.8 Å². The number of thiophene rings is 1. The Labute approximate surface area is 361 Å². The number of benzene rings is 8. The van der Waals surface area contributed by atoms with Crippen molar-refractivity contribution in [2.75, 3.05) is 4.81 Å². The first kappa shape index (κ1) is 34.6. The molecule has 2 nitrogen and oxygen atoms in total. The van der Waals surface area contributed by atoms with Crippen molar-refractivity contribution in [3.63, 3.8) is 0 Å². The normalized spacial score (nSPS) is 15.1. The van der Waals surface area contributed by atoms with E-state index < -0.39 is 8.07 Å². The van der Waals surface area contributed by atoms with Gasteiger partial charge in [0.15, 0.2) is 8.07 Å². The molecule has 10 aromatic rings. The summed E-state index contributed by atoms with van der Waals surface area (Å²) in [5, 5.41) is 11.5. The lowest BCUT2D eigenvalue weighted by Crippen LogP contribution is -2.78. The third-order valence-corrected chi connectivity index (χ3v) is 20.9. The number of hydrogen-bond acceptors (Lipinski definition) is 2. The van der Waals surface area contributed by atoms with Crippen LogP contribution in [0.3, 0.4) is 0 Å². The fourth-order valence-electron chi connectivity index (χ4n) is 12.2. The van der Waals surface area contributed by atoms with E-state index in [-0.39, 0.29) is 17.7 Å². The Kier molecular flexibility index (Phi) is 6.35. The van der Waals surface area contributed by atoms with Crippen molar-refractivity contribution >= 4 is 111 Å². The van der Waals surface area contributed by atoms with Crippen LogP contribution in [0, 0.1) is 0 Å². The monoisotopic (exact) mass is 814 g/mol. The molecule has 0 atom stereocenters. The van der Waals surface area contributed by atoms with E-state index in [0.717, 1.165) is 0 Å². The van der Waals surface area contributed by atoms with Crippen molar-refractivity contribution in [3.8, 4) is 27.9 Å². The fraction of sp³-hybridized carbons (Fsp3) is 0.143. The Hall–Kier alpha value is -6.14. The molecular formula is C56H43BN2SSi. The lowest BCUT2D eigenvalue weighted by Gasteiger charge is -2.50. The smallest absolute Gasteiger partial charge is 0.333 e. The molecule has 0 aliphatic carbocycles. The van der Waals surface area contributed by atoms with E-state index in [9.17, 15) is 0 Å². The topological polar surface area (TPSA) is 8.17 Å². The average Bonchev–Trinajstić information content (AvgIpc) is 3.90. The molecule has 5 heteroatoms. The largest absolute Gasteiger partial charge is 0.376 e. The first-order valence-corrected chi connectivity index (χ1v) is 24.7. The van der Waals surface area contributed by atoms with Crippen LogP contribution < -0.4 is 36.5 Å². The van der Waals surface area contributed by atoms with Crippen LogP contribution in [0.25, 0.3) is 69.9 Å². The number of fused-ring (bicyclic) bond motifs is 20. The predicted molar refractivity (Wildman–Crippen MR) is 266 cm³/mol. The highest BCUT2D eigenvalue weighted by molar-refractivity contribution is 7.26. The van der Waals surface area contributed by atoms with Crippen molar-refractivity contribution in [2.24, 2.45) is 0 Å². The minimum atomic E-state index is -2.79. The van der Waals surface area contributed by atoms with Gasteiger partial charge in [0.25, 0.3) is 0 Å². The second kappa shape index (κ2) is 11.2. The van der Waals surface area contributed by atoms with E-state index in [0.29, 0.717) is 0 Å². The first-order chi connectivity index (χ1) is 29.5. The molecule has 6 heterocycles. The van der Waals surface area contributed by atoms with Gasteiger partial charge >= 0.3 is 6.85 Å². The van der Waals surface area contributed by atoms with Gasteiger partial charge in [-0.1, -0.05) is 157 Å². The van der Waals surface area contributed by atoms with Crippen molar-refractivity contribution in [1.29, 1.82) is 0 Å². The Bertz CT molecular complexity index is 3600. The SMILES string of the molecule is CC(C)(C)c1ccc2c(c1)c1cc(C(C)(C)C)cc3c1n2-c1cc2sc4ccccc4c2c2c1B3N1c3ccccc3[Si]3(c4ccccc4-c4ccccc43)c3cccc-2c31. The quantitative estimate of drug-likeness (QED) is 0.139.